The standard InChI is InChI=1S/C18H32O/c1-12-6-9-16-17(15(12)8-7-14(3)19)13(2)10-11-18(16,4)5/h13-17,19H,1,6-11H2,2-5H3/t13?,14?,15-,16+,17-/m1/s1. The summed E-state index contributed by atoms with van der Waals surface area (Å²) in [5.41, 5.74) is 1.97. The molecule has 0 amide bonds. The van der Waals surface area contributed by atoms with Crippen LogP contribution in [0.25, 0.3) is 0 Å². The van der Waals surface area contributed by atoms with Gasteiger partial charge in [-0.05, 0) is 74.5 Å². The fourth-order valence-electron chi connectivity index (χ4n) is 4.77. The van der Waals surface area contributed by atoms with Gasteiger partial charge >= 0.3 is 0 Å². The van der Waals surface area contributed by atoms with Crippen LogP contribution in [0.1, 0.15) is 66.2 Å². The van der Waals surface area contributed by atoms with Crippen molar-refractivity contribution in [3.05, 3.63) is 12.2 Å². The van der Waals surface area contributed by atoms with Gasteiger partial charge < -0.3 is 5.11 Å². The Morgan fingerprint density at radius 2 is 2.05 bits per heavy atom. The zero-order valence-corrected chi connectivity index (χ0v) is 13.3. The first-order chi connectivity index (χ1) is 8.83. The lowest BCUT2D eigenvalue weighted by molar-refractivity contribution is -0.0163. The quantitative estimate of drug-likeness (QED) is 0.726. The van der Waals surface area contributed by atoms with E-state index in [1.54, 1.807) is 0 Å². The highest BCUT2D eigenvalue weighted by Crippen LogP contribution is 2.56. The average molecular weight is 264 g/mol. The van der Waals surface area contributed by atoms with Crippen molar-refractivity contribution in [3.8, 4) is 0 Å². The van der Waals surface area contributed by atoms with E-state index in [1.165, 1.54) is 31.3 Å². The molecule has 2 aliphatic rings. The summed E-state index contributed by atoms with van der Waals surface area (Å²) in [6, 6.07) is 0. The number of aliphatic hydroxyl groups excluding tert-OH is 1. The summed E-state index contributed by atoms with van der Waals surface area (Å²) in [5, 5.41) is 9.60. The molecule has 5 atom stereocenters. The van der Waals surface area contributed by atoms with Crippen molar-refractivity contribution in [2.24, 2.45) is 29.1 Å². The molecule has 0 radical (unpaired) electrons. The van der Waals surface area contributed by atoms with Gasteiger partial charge in [0.1, 0.15) is 0 Å². The summed E-state index contributed by atoms with van der Waals surface area (Å²) < 4.78 is 0. The topological polar surface area (TPSA) is 20.2 Å². The molecule has 0 aromatic heterocycles. The first-order valence-electron chi connectivity index (χ1n) is 8.18. The molecular weight excluding hydrogens is 232 g/mol. The SMILES string of the molecule is C=C1CC[C@H]2[C@H](C(C)CCC2(C)C)[C@@H]1CCC(C)O. The number of allylic oxidation sites excluding steroid dienone is 1. The van der Waals surface area contributed by atoms with Gasteiger partial charge in [-0.3, -0.25) is 0 Å². The molecule has 0 spiro atoms. The van der Waals surface area contributed by atoms with Crippen LogP contribution >= 0.6 is 0 Å². The van der Waals surface area contributed by atoms with Crippen LogP contribution in [0.2, 0.25) is 0 Å². The summed E-state index contributed by atoms with van der Waals surface area (Å²) in [6.45, 7) is 13.7. The van der Waals surface area contributed by atoms with Crippen LogP contribution < -0.4 is 0 Å². The van der Waals surface area contributed by atoms with E-state index in [0.717, 1.165) is 30.6 Å². The minimum Gasteiger partial charge on any atom is -0.393 e. The van der Waals surface area contributed by atoms with Crippen LogP contribution in [0.5, 0.6) is 0 Å². The Morgan fingerprint density at radius 3 is 2.68 bits per heavy atom. The smallest absolute Gasteiger partial charge is 0.0512 e. The fraction of sp³-hybridized carbons (Fsp3) is 0.889. The molecule has 2 rings (SSSR count). The first kappa shape index (κ1) is 15.1. The summed E-state index contributed by atoms with van der Waals surface area (Å²) >= 11 is 0. The Bertz CT molecular complexity index is 329. The van der Waals surface area contributed by atoms with Crippen LogP contribution in [-0.2, 0) is 0 Å². The molecule has 2 saturated carbocycles. The van der Waals surface area contributed by atoms with Crippen LogP contribution in [0.15, 0.2) is 12.2 Å². The van der Waals surface area contributed by atoms with Crippen molar-refractivity contribution >= 4 is 0 Å². The van der Waals surface area contributed by atoms with E-state index in [9.17, 15) is 5.11 Å². The average Bonchev–Trinajstić information content (AvgIpc) is 2.32. The van der Waals surface area contributed by atoms with Gasteiger partial charge in [-0.1, -0.05) is 32.9 Å². The van der Waals surface area contributed by atoms with Crippen molar-refractivity contribution in [2.45, 2.75) is 72.3 Å². The van der Waals surface area contributed by atoms with Gasteiger partial charge in [-0.15, -0.1) is 0 Å². The largest absolute Gasteiger partial charge is 0.393 e. The number of aliphatic hydroxyl groups is 1. The fourth-order valence-corrected chi connectivity index (χ4v) is 4.77. The van der Waals surface area contributed by atoms with E-state index in [-0.39, 0.29) is 6.10 Å². The molecule has 0 aliphatic heterocycles. The Kier molecular flexibility index (Phi) is 4.45. The third kappa shape index (κ3) is 3.07. The van der Waals surface area contributed by atoms with E-state index in [4.69, 9.17) is 0 Å². The molecule has 1 heteroatoms. The zero-order valence-electron chi connectivity index (χ0n) is 13.3. The summed E-state index contributed by atoms with van der Waals surface area (Å²) in [5.74, 6) is 3.15. The molecule has 1 N–H and O–H groups in total. The second-order valence-electron chi connectivity index (χ2n) is 7.92. The van der Waals surface area contributed by atoms with Crippen molar-refractivity contribution in [2.75, 3.05) is 0 Å². The molecule has 0 aromatic carbocycles. The van der Waals surface area contributed by atoms with Crippen LogP contribution in [0.3, 0.4) is 0 Å². The minimum atomic E-state index is -0.167. The molecule has 0 heterocycles. The predicted octanol–water partition coefficient (Wildman–Crippen LogP) is 4.80. The molecule has 19 heavy (non-hydrogen) atoms. The number of rotatable bonds is 3. The zero-order chi connectivity index (χ0) is 14.2. The maximum Gasteiger partial charge on any atom is 0.0512 e. The first-order valence-corrected chi connectivity index (χ1v) is 8.18. The van der Waals surface area contributed by atoms with E-state index >= 15 is 0 Å². The molecule has 2 fully saturated rings. The Hall–Kier alpha value is -0.300. The third-order valence-electron chi connectivity index (χ3n) is 6.03. The Balaban J connectivity index is 2.17. The number of hydrogen-bond donors (Lipinski definition) is 1. The van der Waals surface area contributed by atoms with Gasteiger partial charge in [0.05, 0.1) is 6.10 Å². The van der Waals surface area contributed by atoms with Crippen molar-refractivity contribution in [1.29, 1.82) is 0 Å². The van der Waals surface area contributed by atoms with Gasteiger partial charge in [0, 0.05) is 0 Å². The summed E-state index contributed by atoms with van der Waals surface area (Å²) in [4.78, 5) is 0. The second kappa shape index (κ2) is 5.60. The van der Waals surface area contributed by atoms with Crippen LogP contribution in [0, 0.1) is 29.1 Å². The second-order valence-corrected chi connectivity index (χ2v) is 7.92. The highest BCUT2D eigenvalue weighted by atomic mass is 16.3. The maximum atomic E-state index is 9.60. The van der Waals surface area contributed by atoms with Crippen molar-refractivity contribution < 1.29 is 5.11 Å². The summed E-state index contributed by atoms with van der Waals surface area (Å²) in [6.07, 6.45) is 7.20. The lowest BCUT2D eigenvalue weighted by Crippen LogP contribution is -2.45. The molecule has 0 bridgehead atoms. The van der Waals surface area contributed by atoms with E-state index in [1.807, 2.05) is 6.92 Å². The number of fused-ring (bicyclic) bond motifs is 1. The van der Waals surface area contributed by atoms with Crippen molar-refractivity contribution in [1.82, 2.24) is 0 Å². The van der Waals surface area contributed by atoms with Crippen molar-refractivity contribution in [3.63, 3.8) is 0 Å². The molecule has 2 aliphatic carbocycles. The van der Waals surface area contributed by atoms with Crippen LogP contribution in [0.4, 0.5) is 0 Å². The van der Waals surface area contributed by atoms with Gasteiger partial charge in [-0.2, -0.15) is 0 Å². The lowest BCUT2D eigenvalue weighted by Gasteiger charge is -2.54. The maximum absolute atomic E-state index is 9.60. The molecule has 0 saturated heterocycles. The Morgan fingerprint density at radius 1 is 1.37 bits per heavy atom. The molecule has 110 valence electrons. The third-order valence-corrected chi connectivity index (χ3v) is 6.03. The van der Waals surface area contributed by atoms with E-state index in [2.05, 4.69) is 27.4 Å². The van der Waals surface area contributed by atoms with Gasteiger partial charge in [0.25, 0.3) is 0 Å². The van der Waals surface area contributed by atoms with Gasteiger partial charge in [-0.25, -0.2) is 0 Å². The highest BCUT2D eigenvalue weighted by Gasteiger charge is 2.47. The molecule has 1 nitrogen and oxygen atoms in total. The van der Waals surface area contributed by atoms with Gasteiger partial charge in [0.15, 0.2) is 0 Å². The normalized spacial score (nSPS) is 39.7. The number of hydrogen-bond acceptors (Lipinski definition) is 1. The minimum absolute atomic E-state index is 0.167. The molecular formula is C18H32O. The monoisotopic (exact) mass is 264 g/mol. The van der Waals surface area contributed by atoms with E-state index < -0.39 is 0 Å². The summed E-state index contributed by atoms with van der Waals surface area (Å²) in [7, 11) is 0. The lowest BCUT2D eigenvalue weighted by atomic mass is 9.51. The van der Waals surface area contributed by atoms with Crippen LogP contribution in [-0.4, -0.2) is 11.2 Å². The Labute approximate surface area is 119 Å². The molecule has 0 aromatic rings. The predicted molar refractivity (Wildman–Crippen MR) is 81.9 cm³/mol. The van der Waals surface area contributed by atoms with E-state index in [0.29, 0.717) is 11.3 Å². The van der Waals surface area contributed by atoms with Gasteiger partial charge in [0.2, 0.25) is 0 Å². The molecule has 2 unspecified atom stereocenters. The highest BCUT2D eigenvalue weighted by molar-refractivity contribution is 5.12.